The maximum atomic E-state index is 11.7. The summed E-state index contributed by atoms with van der Waals surface area (Å²) in [5, 5.41) is 13.6. The number of benzene rings is 1. The number of primary amides is 1. The Hall–Kier alpha value is -2.48. The Bertz CT molecular complexity index is 564. The third kappa shape index (κ3) is 5.19. The minimum Gasteiger partial charge on any atom is -0.495 e. The number of nitrogens with one attached hydrogen (secondary N) is 2. The molecule has 3 amide bonds. The van der Waals surface area contributed by atoms with Crippen molar-refractivity contribution in [1.82, 2.24) is 5.32 Å². The maximum Gasteiger partial charge on any atom is 0.326 e. The van der Waals surface area contributed by atoms with Gasteiger partial charge in [-0.2, -0.15) is 0 Å². The number of ether oxygens (including phenoxy) is 1. The molecule has 5 N–H and O–H groups in total. The van der Waals surface area contributed by atoms with Gasteiger partial charge in [0.25, 0.3) is 0 Å². The van der Waals surface area contributed by atoms with E-state index in [9.17, 15) is 14.4 Å². The first-order chi connectivity index (χ1) is 9.83. The summed E-state index contributed by atoms with van der Waals surface area (Å²) >= 11 is 5.89. The Morgan fingerprint density at radius 1 is 1.43 bits per heavy atom. The molecule has 0 aliphatic carbocycles. The van der Waals surface area contributed by atoms with Crippen molar-refractivity contribution in [1.29, 1.82) is 0 Å². The summed E-state index contributed by atoms with van der Waals surface area (Å²) in [7, 11) is 1.45. The average Bonchev–Trinajstić information content (AvgIpc) is 2.37. The number of hydrogen-bond donors (Lipinski definition) is 4. The van der Waals surface area contributed by atoms with E-state index >= 15 is 0 Å². The van der Waals surface area contributed by atoms with Gasteiger partial charge < -0.3 is 26.2 Å². The van der Waals surface area contributed by atoms with Crippen molar-refractivity contribution in [2.24, 2.45) is 5.73 Å². The monoisotopic (exact) mass is 315 g/mol. The molecule has 0 unspecified atom stereocenters. The zero-order chi connectivity index (χ0) is 16.0. The standard InChI is InChI=1S/C12H14ClN3O5/c1-21-9-3-2-6(4-7(9)13)15-12(20)16-8(11(18)19)5-10(14)17/h2-4,8H,5H2,1H3,(H2,14,17)(H,18,19)(H2,15,16,20)/t8-/m0/s1. The first-order valence-electron chi connectivity index (χ1n) is 5.75. The maximum absolute atomic E-state index is 11.7. The van der Waals surface area contributed by atoms with Gasteiger partial charge in [0.1, 0.15) is 11.8 Å². The van der Waals surface area contributed by atoms with E-state index in [1.165, 1.54) is 25.3 Å². The Morgan fingerprint density at radius 3 is 2.57 bits per heavy atom. The van der Waals surface area contributed by atoms with Crippen LogP contribution in [0, 0.1) is 0 Å². The smallest absolute Gasteiger partial charge is 0.326 e. The molecule has 1 aromatic rings. The van der Waals surface area contributed by atoms with E-state index in [0.717, 1.165) is 0 Å². The Balaban J connectivity index is 2.69. The molecule has 0 spiro atoms. The van der Waals surface area contributed by atoms with Crippen molar-refractivity contribution in [2.45, 2.75) is 12.5 Å². The molecule has 0 radical (unpaired) electrons. The predicted molar refractivity (Wildman–Crippen MR) is 75.4 cm³/mol. The lowest BCUT2D eigenvalue weighted by molar-refractivity contribution is -0.140. The van der Waals surface area contributed by atoms with Gasteiger partial charge in [-0.05, 0) is 18.2 Å². The minimum atomic E-state index is -1.41. The molecule has 0 heterocycles. The molecule has 1 rings (SSSR count). The number of aliphatic carboxylic acids is 1. The fraction of sp³-hybridized carbons (Fsp3) is 0.250. The molecule has 114 valence electrons. The second-order valence-corrected chi connectivity index (χ2v) is 4.42. The summed E-state index contributed by atoms with van der Waals surface area (Å²) in [6.45, 7) is 0. The van der Waals surface area contributed by atoms with Gasteiger partial charge in [-0.15, -0.1) is 0 Å². The first-order valence-corrected chi connectivity index (χ1v) is 6.13. The Kier molecular flexibility index (Phi) is 5.79. The van der Waals surface area contributed by atoms with E-state index in [4.69, 9.17) is 27.2 Å². The summed E-state index contributed by atoms with van der Waals surface area (Å²) in [6.07, 6.45) is -0.508. The van der Waals surface area contributed by atoms with Crippen LogP contribution in [-0.2, 0) is 9.59 Å². The molecule has 8 nitrogen and oxygen atoms in total. The number of carbonyl (C=O) groups is 3. The molecular weight excluding hydrogens is 302 g/mol. The van der Waals surface area contributed by atoms with Gasteiger partial charge in [0.15, 0.2) is 0 Å². The van der Waals surface area contributed by atoms with Gasteiger partial charge in [-0.1, -0.05) is 11.6 Å². The normalized spacial score (nSPS) is 11.3. The van der Waals surface area contributed by atoms with E-state index in [-0.39, 0.29) is 5.02 Å². The molecule has 1 aromatic carbocycles. The topological polar surface area (TPSA) is 131 Å². The molecule has 0 aliphatic heterocycles. The van der Waals surface area contributed by atoms with Crippen LogP contribution in [0.2, 0.25) is 5.02 Å². The molecule has 0 saturated heterocycles. The number of carboxylic acid groups (broad SMARTS) is 1. The van der Waals surface area contributed by atoms with Crippen LogP contribution in [0.4, 0.5) is 10.5 Å². The van der Waals surface area contributed by atoms with Crippen LogP contribution in [0.3, 0.4) is 0 Å². The third-order valence-electron chi connectivity index (χ3n) is 2.42. The number of methoxy groups -OCH3 is 1. The van der Waals surface area contributed by atoms with Crippen LogP contribution in [0.1, 0.15) is 6.42 Å². The average molecular weight is 316 g/mol. The summed E-state index contributed by atoms with van der Waals surface area (Å²) in [5.74, 6) is -1.77. The molecule has 9 heteroatoms. The number of rotatable bonds is 6. The highest BCUT2D eigenvalue weighted by atomic mass is 35.5. The molecule has 0 fully saturated rings. The van der Waals surface area contributed by atoms with Crippen molar-refractivity contribution in [3.05, 3.63) is 23.2 Å². The van der Waals surface area contributed by atoms with Gasteiger partial charge in [0.2, 0.25) is 5.91 Å². The Labute approximate surface area is 125 Å². The summed E-state index contributed by atoms with van der Waals surface area (Å²) in [6, 6.07) is 2.29. The van der Waals surface area contributed by atoms with Gasteiger partial charge in [0.05, 0.1) is 18.6 Å². The van der Waals surface area contributed by atoms with Crippen LogP contribution in [0.15, 0.2) is 18.2 Å². The number of carboxylic acids is 1. The third-order valence-corrected chi connectivity index (χ3v) is 2.71. The van der Waals surface area contributed by atoms with E-state index in [0.29, 0.717) is 11.4 Å². The second kappa shape index (κ2) is 7.34. The van der Waals surface area contributed by atoms with Crippen LogP contribution in [-0.4, -0.2) is 36.2 Å². The number of hydrogen-bond acceptors (Lipinski definition) is 4. The fourth-order valence-corrected chi connectivity index (χ4v) is 1.73. The highest BCUT2D eigenvalue weighted by Crippen LogP contribution is 2.27. The van der Waals surface area contributed by atoms with Crippen molar-refractivity contribution in [2.75, 3.05) is 12.4 Å². The van der Waals surface area contributed by atoms with Crippen LogP contribution >= 0.6 is 11.6 Å². The lowest BCUT2D eigenvalue weighted by atomic mass is 10.2. The summed E-state index contributed by atoms with van der Waals surface area (Å²) in [4.78, 5) is 33.3. The first kappa shape index (κ1) is 16.6. The van der Waals surface area contributed by atoms with Gasteiger partial charge in [-0.25, -0.2) is 9.59 Å². The SMILES string of the molecule is COc1ccc(NC(=O)N[C@@H](CC(N)=O)C(=O)O)cc1Cl. The molecule has 0 aromatic heterocycles. The van der Waals surface area contributed by atoms with Crippen molar-refractivity contribution in [3.8, 4) is 5.75 Å². The van der Waals surface area contributed by atoms with Crippen molar-refractivity contribution < 1.29 is 24.2 Å². The summed E-state index contributed by atoms with van der Waals surface area (Å²) < 4.78 is 4.96. The number of anilines is 1. The fourth-order valence-electron chi connectivity index (χ4n) is 1.47. The van der Waals surface area contributed by atoms with Gasteiger partial charge >= 0.3 is 12.0 Å². The highest BCUT2D eigenvalue weighted by molar-refractivity contribution is 6.32. The lowest BCUT2D eigenvalue weighted by Gasteiger charge is -2.14. The van der Waals surface area contributed by atoms with Gasteiger partial charge in [0, 0.05) is 5.69 Å². The molecule has 21 heavy (non-hydrogen) atoms. The zero-order valence-electron chi connectivity index (χ0n) is 11.1. The zero-order valence-corrected chi connectivity index (χ0v) is 11.8. The van der Waals surface area contributed by atoms with Crippen LogP contribution in [0.25, 0.3) is 0 Å². The van der Waals surface area contributed by atoms with Crippen molar-refractivity contribution in [3.63, 3.8) is 0 Å². The highest BCUT2D eigenvalue weighted by Gasteiger charge is 2.22. The van der Waals surface area contributed by atoms with Crippen molar-refractivity contribution >= 4 is 35.2 Å². The lowest BCUT2D eigenvalue weighted by Crippen LogP contribution is -2.45. The molecule has 0 bridgehead atoms. The summed E-state index contributed by atoms with van der Waals surface area (Å²) in [5.41, 5.74) is 5.24. The predicted octanol–water partition coefficient (Wildman–Crippen LogP) is 0.799. The largest absolute Gasteiger partial charge is 0.495 e. The number of nitrogens with two attached hydrogens (primary N) is 1. The van der Waals surface area contributed by atoms with E-state index in [1.807, 2.05) is 0 Å². The molecule has 1 atom stereocenters. The Morgan fingerprint density at radius 2 is 2.10 bits per heavy atom. The second-order valence-electron chi connectivity index (χ2n) is 4.01. The van der Waals surface area contributed by atoms with E-state index < -0.39 is 30.4 Å². The number of carbonyl (C=O) groups excluding carboxylic acids is 2. The quantitative estimate of drug-likeness (QED) is 0.616. The number of amides is 3. The molecule has 0 aliphatic rings. The molecule has 0 saturated carbocycles. The number of halogens is 1. The minimum absolute atomic E-state index is 0.280. The van der Waals surface area contributed by atoms with Gasteiger partial charge in [-0.3, -0.25) is 4.79 Å². The molecular formula is C12H14ClN3O5. The van der Waals surface area contributed by atoms with Crippen LogP contribution < -0.4 is 21.1 Å². The van der Waals surface area contributed by atoms with Crippen LogP contribution in [0.5, 0.6) is 5.75 Å². The van der Waals surface area contributed by atoms with E-state index in [1.54, 1.807) is 0 Å². The number of urea groups is 1. The van der Waals surface area contributed by atoms with E-state index in [2.05, 4.69) is 10.6 Å².